The van der Waals surface area contributed by atoms with Gasteiger partial charge < -0.3 is 10.6 Å². The Hall–Kier alpha value is -1.95. The number of aromatic nitrogens is 2. The molecule has 0 aliphatic rings. The Kier molecular flexibility index (Phi) is 4.11. The quantitative estimate of drug-likeness (QED) is 0.901. The fourth-order valence-electron chi connectivity index (χ4n) is 1.46. The third-order valence-electron chi connectivity index (χ3n) is 2.20. The lowest BCUT2D eigenvalue weighted by Gasteiger charge is -2.09. The van der Waals surface area contributed by atoms with E-state index in [-0.39, 0.29) is 16.5 Å². The second kappa shape index (κ2) is 5.79. The number of halogens is 3. The third kappa shape index (κ3) is 3.51. The number of nitrogens with one attached hydrogen (secondary N) is 2. The molecule has 0 bridgehead atoms. The molecule has 1 heterocycles. The fourth-order valence-corrected chi connectivity index (χ4v) is 1.60. The molecule has 7 heteroatoms. The highest BCUT2D eigenvalue weighted by molar-refractivity contribution is 6.32. The van der Waals surface area contributed by atoms with Crippen LogP contribution in [0.2, 0.25) is 5.02 Å². The maximum absolute atomic E-state index is 13.1. The predicted molar refractivity (Wildman–Crippen MR) is 70.8 cm³/mol. The van der Waals surface area contributed by atoms with Crippen molar-refractivity contribution in [1.29, 1.82) is 0 Å². The fraction of sp³-hybridized carbons (Fsp3) is 0.167. The maximum atomic E-state index is 13.1. The van der Waals surface area contributed by atoms with Gasteiger partial charge in [-0.05, 0) is 19.1 Å². The molecule has 0 spiro atoms. The predicted octanol–water partition coefficient (Wildman–Crippen LogP) is 3.58. The van der Waals surface area contributed by atoms with Crippen LogP contribution in [0.25, 0.3) is 0 Å². The van der Waals surface area contributed by atoms with Gasteiger partial charge in [0.15, 0.2) is 5.82 Å². The van der Waals surface area contributed by atoms with Crippen molar-refractivity contribution in [1.82, 2.24) is 9.97 Å². The van der Waals surface area contributed by atoms with Crippen LogP contribution in [-0.2, 0) is 0 Å². The van der Waals surface area contributed by atoms with Crippen LogP contribution < -0.4 is 10.6 Å². The van der Waals surface area contributed by atoms with Gasteiger partial charge in [-0.3, -0.25) is 0 Å². The maximum Gasteiger partial charge on any atom is 0.224 e. The molecule has 100 valence electrons. The minimum absolute atomic E-state index is 0.223. The Morgan fingerprint density at radius 1 is 1.21 bits per heavy atom. The minimum atomic E-state index is -0.681. The van der Waals surface area contributed by atoms with Crippen LogP contribution in [0.3, 0.4) is 0 Å². The number of hydrogen-bond acceptors (Lipinski definition) is 4. The summed E-state index contributed by atoms with van der Waals surface area (Å²) in [7, 11) is 0. The Labute approximate surface area is 113 Å². The van der Waals surface area contributed by atoms with Crippen LogP contribution in [0.15, 0.2) is 24.4 Å². The van der Waals surface area contributed by atoms with Crippen molar-refractivity contribution >= 4 is 29.1 Å². The van der Waals surface area contributed by atoms with Gasteiger partial charge in [-0.1, -0.05) is 11.6 Å². The lowest BCUT2D eigenvalue weighted by molar-refractivity contribution is 0.584. The lowest BCUT2D eigenvalue weighted by Crippen LogP contribution is -2.04. The van der Waals surface area contributed by atoms with E-state index in [1.54, 1.807) is 0 Å². The van der Waals surface area contributed by atoms with Gasteiger partial charge >= 0.3 is 0 Å². The second-order valence-electron chi connectivity index (χ2n) is 3.70. The second-order valence-corrected chi connectivity index (χ2v) is 4.11. The molecule has 0 aliphatic heterocycles. The Balaban J connectivity index is 2.28. The van der Waals surface area contributed by atoms with E-state index in [9.17, 15) is 8.78 Å². The summed E-state index contributed by atoms with van der Waals surface area (Å²) < 4.78 is 26.1. The van der Waals surface area contributed by atoms with Gasteiger partial charge in [0.2, 0.25) is 5.95 Å². The largest absolute Gasteiger partial charge is 0.354 e. The van der Waals surface area contributed by atoms with Crippen molar-refractivity contribution < 1.29 is 8.78 Å². The van der Waals surface area contributed by atoms with Crippen LogP contribution in [-0.4, -0.2) is 16.5 Å². The molecule has 2 rings (SSSR count). The molecule has 0 saturated carbocycles. The average molecular weight is 285 g/mol. The Morgan fingerprint density at radius 3 is 2.53 bits per heavy atom. The summed E-state index contributed by atoms with van der Waals surface area (Å²) in [6.45, 7) is 2.54. The van der Waals surface area contributed by atoms with Crippen molar-refractivity contribution in [3.63, 3.8) is 0 Å². The summed E-state index contributed by atoms with van der Waals surface area (Å²) in [5.41, 5.74) is 0.223. The van der Waals surface area contributed by atoms with Crippen molar-refractivity contribution in [2.24, 2.45) is 0 Å². The highest BCUT2D eigenvalue weighted by atomic mass is 35.5. The van der Waals surface area contributed by atoms with E-state index in [2.05, 4.69) is 20.6 Å². The van der Waals surface area contributed by atoms with Gasteiger partial charge in [0.05, 0.1) is 6.20 Å². The Morgan fingerprint density at radius 2 is 1.89 bits per heavy atom. The van der Waals surface area contributed by atoms with Crippen molar-refractivity contribution in [3.8, 4) is 0 Å². The van der Waals surface area contributed by atoms with Gasteiger partial charge in [-0.2, -0.15) is 4.98 Å². The summed E-state index contributed by atoms with van der Waals surface area (Å²) in [4.78, 5) is 8.07. The number of anilines is 3. The molecule has 0 unspecified atom stereocenters. The third-order valence-corrected chi connectivity index (χ3v) is 2.48. The molecule has 1 aromatic carbocycles. The molecular formula is C12H11ClF2N4. The molecule has 2 aromatic rings. The number of benzene rings is 1. The van der Waals surface area contributed by atoms with Crippen LogP contribution >= 0.6 is 11.6 Å². The van der Waals surface area contributed by atoms with E-state index >= 15 is 0 Å². The zero-order chi connectivity index (χ0) is 13.8. The first-order chi connectivity index (χ1) is 9.08. The first-order valence-corrected chi connectivity index (χ1v) is 5.96. The normalized spacial score (nSPS) is 10.3. The lowest BCUT2D eigenvalue weighted by atomic mass is 10.3. The van der Waals surface area contributed by atoms with E-state index in [1.165, 1.54) is 6.20 Å². The number of hydrogen-bond donors (Lipinski definition) is 2. The van der Waals surface area contributed by atoms with Crippen LogP contribution in [0, 0.1) is 11.6 Å². The molecule has 0 aliphatic carbocycles. The minimum Gasteiger partial charge on any atom is -0.354 e. The smallest absolute Gasteiger partial charge is 0.224 e. The first-order valence-electron chi connectivity index (χ1n) is 5.58. The monoisotopic (exact) mass is 284 g/mol. The van der Waals surface area contributed by atoms with E-state index in [0.717, 1.165) is 18.2 Å². The van der Waals surface area contributed by atoms with Crippen molar-refractivity contribution in [2.75, 3.05) is 17.2 Å². The SMILES string of the molecule is CCNc1ncc(Cl)c(Nc2cc(F)cc(F)c2)n1. The molecular weight excluding hydrogens is 274 g/mol. The summed E-state index contributed by atoms with van der Waals surface area (Å²) >= 11 is 5.92. The molecule has 0 fully saturated rings. The topological polar surface area (TPSA) is 49.8 Å². The van der Waals surface area contributed by atoms with Crippen molar-refractivity contribution in [2.45, 2.75) is 6.92 Å². The van der Waals surface area contributed by atoms with Gasteiger partial charge in [0.25, 0.3) is 0 Å². The van der Waals surface area contributed by atoms with E-state index < -0.39 is 11.6 Å². The summed E-state index contributed by atoms with van der Waals surface area (Å²) in [6.07, 6.45) is 1.41. The summed E-state index contributed by atoms with van der Waals surface area (Å²) in [5.74, 6) is -0.705. The summed E-state index contributed by atoms with van der Waals surface area (Å²) in [6, 6.07) is 3.08. The molecule has 0 amide bonds. The van der Waals surface area contributed by atoms with E-state index in [1.807, 2.05) is 6.92 Å². The standard InChI is InChI=1S/C12H11ClF2N4/c1-2-16-12-17-6-10(13)11(19-12)18-9-4-7(14)3-8(15)5-9/h3-6H,2H2,1H3,(H2,16,17,18,19). The molecule has 0 saturated heterocycles. The molecule has 0 radical (unpaired) electrons. The van der Waals surface area contributed by atoms with Gasteiger partial charge in [0, 0.05) is 18.3 Å². The molecule has 2 N–H and O–H groups in total. The first kappa shape index (κ1) is 13.5. The molecule has 0 atom stereocenters. The van der Waals surface area contributed by atoms with Gasteiger partial charge in [0.1, 0.15) is 16.7 Å². The average Bonchev–Trinajstić information content (AvgIpc) is 2.32. The zero-order valence-corrected chi connectivity index (χ0v) is 10.8. The zero-order valence-electron chi connectivity index (χ0n) is 10.0. The number of rotatable bonds is 4. The highest BCUT2D eigenvalue weighted by Crippen LogP contribution is 2.24. The van der Waals surface area contributed by atoms with Crippen molar-refractivity contribution in [3.05, 3.63) is 41.1 Å². The van der Waals surface area contributed by atoms with Gasteiger partial charge in [-0.25, -0.2) is 13.8 Å². The molecule has 19 heavy (non-hydrogen) atoms. The van der Waals surface area contributed by atoms with E-state index in [0.29, 0.717) is 12.5 Å². The summed E-state index contributed by atoms with van der Waals surface area (Å²) in [5, 5.41) is 5.92. The van der Waals surface area contributed by atoms with E-state index in [4.69, 9.17) is 11.6 Å². The van der Waals surface area contributed by atoms with Gasteiger partial charge in [-0.15, -0.1) is 0 Å². The molecule has 4 nitrogen and oxygen atoms in total. The van der Waals surface area contributed by atoms with Crippen LogP contribution in [0.1, 0.15) is 6.92 Å². The van der Waals surface area contributed by atoms with Crippen LogP contribution in [0.5, 0.6) is 0 Å². The Bertz CT molecular complexity index is 572. The number of nitrogens with zero attached hydrogens (tertiary/aromatic N) is 2. The highest BCUT2D eigenvalue weighted by Gasteiger charge is 2.07. The molecule has 1 aromatic heterocycles. The van der Waals surface area contributed by atoms with Crippen LogP contribution in [0.4, 0.5) is 26.2 Å².